The number of carbonyl (C=O) groups excluding carboxylic acids is 1. The monoisotopic (exact) mass is 281 g/mol. The van der Waals surface area contributed by atoms with E-state index in [9.17, 15) is 4.79 Å². The molecule has 1 unspecified atom stereocenters. The van der Waals surface area contributed by atoms with E-state index in [1.54, 1.807) is 0 Å². The van der Waals surface area contributed by atoms with Gasteiger partial charge in [0, 0.05) is 12.5 Å². The molecule has 0 aromatic heterocycles. The van der Waals surface area contributed by atoms with E-state index in [0.29, 0.717) is 12.8 Å². The molecule has 2 heteroatoms. The summed E-state index contributed by atoms with van der Waals surface area (Å²) in [5.74, 6) is 0.220. The number of Topliss-reactive ketones (excluding diaryl/α,β-unsaturated/α-hetero) is 1. The average molecular weight is 281 g/mol. The molecule has 0 bridgehead atoms. The van der Waals surface area contributed by atoms with Gasteiger partial charge in [-0.25, -0.2) is 0 Å². The van der Waals surface area contributed by atoms with Gasteiger partial charge in [0.1, 0.15) is 5.78 Å². The molecule has 0 aliphatic heterocycles. The Morgan fingerprint density at radius 3 is 1.76 bits per heavy atom. The summed E-state index contributed by atoms with van der Waals surface area (Å²) in [6.45, 7) is 3.88. The third kappa shape index (κ3) is 3.06. The molecular weight excluding hydrogens is 258 g/mol. The van der Waals surface area contributed by atoms with E-state index >= 15 is 0 Å². The van der Waals surface area contributed by atoms with E-state index in [1.807, 2.05) is 74.5 Å². The fourth-order valence-corrected chi connectivity index (χ4v) is 3.07. The van der Waals surface area contributed by atoms with Gasteiger partial charge in [-0.1, -0.05) is 67.6 Å². The molecule has 0 radical (unpaired) electrons. The van der Waals surface area contributed by atoms with Crippen LogP contribution in [0.5, 0.6) is 0 Å². The molecular formula is C19H23NO. The molecule has 0 saturated carbocycles. The van der Waals surface area contributed by atoms with Gasteiger partial charge < -0.3 is 5.73 Å². The first kappa shape index (κ1) is 15.5. The quantitative estimate of drug-likeness (QED) is 0.877. The highest BCUT2D eigenvalue weighted by atomic mass is 16.1. The molecule has 2 N–H and O–H groups in total. The Labute approximate surface area is 127 Å². The molecule has 110 valence electrons. The lowest BCUT2D eigenvalue weighted by Gasteiger charge is -2.35. The highest BCUT2D eigenvalue weighted by Crippen LogP contribution is 2.38. The van der Waals surface area contributed by atoms with Gasteiger partial charge in [-0.3, -0.25) is 4.79 Å². The van der Waals surface area contributed by atoms with Crippen LogP contribution in [-0.4, -0.2) is 11.8 Å². The van der Waals surface area contributed by atoms with Crippen molar-refractivity contribution >= 4 is 5.78 Å². The van der Waals surface area contributed by atoms with Gasteiger partial charge >= 0.3 is 0 Å². The third-order valence-electron chi connectivity index (χ3n) is 3.96. The van der Waals surface area contributed by atoms with Gasteiger partial charge in [-0.2, -0.15) is 0 Å². The Bertz CT molecular complexity index is 536. The molecule has 0 aliphatic rings. The first-order valence-electron chi connectivity index (χ1n) is 7.51. The van der Waals surface area contributed by atoms with E-state index in [4.69, 9.17) is 5.73 Å². The number of ketones is 1. The first-order chi connectivity index (χ1) is 10.1. The van der Waals surface area contributed by atoms with Crippen LogP contribution in [0.1, 0.15) is 37.8 Å². The van der Waals surface area contributed by atoms with Crippen molar-refractivity contribution < 1.29 is 4.79 Å². The van der Waals surface area contributed by atoms with Crippen molar-refractivity contribution in [1.82, 2.24) is 0 Å². The first-order valence-corrected chi connectivity index (χ1v) is 7.51. The minimum absolute atomic E-state index is 0.0547. The smallest absolute Gasteiger partial charge is 0.147 e. The summed E-state index contributed by atoms with van der Waals surface area (Å²) in [5, 5.41) is 0. The van der Waals surface area contributed by atoms with Crippen LogP contribution in [0.3, 0.4) is 0 Å². The molecule has 0 spiro atoms. The lowest BCUT2D eigenvalue weighted by molar-refractivity contribution is -0.123. The molecule has 2 aromatic carbocycles. The van der Waals surface area contributed by atoms with Crippen LogP contribution >= 0.6 is 0 Å². The van der Waals surface area contributed by atoms with E-state index in [1.165, 1.54) is 0 Å². The summed E-state index contributed by atoms with van der Waals surface area (Å²) in [6.07, 6.45) is 1.12. The van der Waals surface area contributed by atoms with Gasteiger partial charge in [-0.15, -0.1) is 0 Å². The normalized spacial score (nSPS) is 12.9. The van der Waals surface area contributed by atoms with E-state index in [-0.39, 0.29) is 11.8 Å². The topological polar surface area (TPSA) is 43.1 Å². The minimum atomic E-state index is -0.647. The van der Waals surface area contributed by atoms with Crippen LogP contribution in [0.25, 0.3) is 0 Å². The largest absolute Gasteiger partial charge is 0.328 e. The highest BCUT2D eigenvalue weighted by Gasteiger charge is 2.40. The third-order valence-corrected chi connectivity index (χ3v) is 3.96. The predicted molar refractivity (Wildman–Crippen MR) is 87.2 cm³/mol. The van der Waals surface area contributed by atoms with Crippen LogP contribution in [0.15, 0.2) is 60.7 Å². The molecule has 0 fully saturated rings. The van der Waals surface area contributed by atoms with Crippen molar-refractivity contribution in [2.45, 2.75) is 38.1 Å². The number of hydrogen-bond donors (Lipinski definition) is 1. The van der Waals surface area contributed by atoms with Gasteiger partial charge in [0.25, 0.3) is 0 Å². The van der Waals surface area contributed by atoms with Crippen molar-refractivity contribution in [2.24, 2.45) is 5.73 Å². The maximum atomic E-state index is 12.9. The summed E-state index contributed by atoms with van der Waals surface area (Å²) < 4.78 is 0. The van der Waals surface area contributed by atoms with E-state index in [2.05, 4.69) is 0 Å². The molecule has 0 amide bonds. The maximum absolute atomic E-state index is 12.9. The number of hydrogen-bond acceptors (Lipinski definition) is 2. The van der Waals surface area contributed by atoms with Crippen LogP contribution < -0.4 is 5.73 Å². The van der Waals surface area contributed by atoms with Crippen molar-refractivity contribution in [1.29, 1.82) is 0 Å². The number of nitrogens with two attached hydrogens (primary N) is 1. The second kappa shape index (κ2) is 6.68. The van der Waals surface area contributed by atoms with Crippen molar-refractivity contribution in [3.63, 3.8) is 0 Å². The second-order valence-corrected chi connectivity index (χ2v) is 5.60. The predicted octanol–water partition coefficient (Wildman–Crippen LogP) is 3.69. The zero-order chi connectivity index (χ0) is 15.3. The SMILES string of the molecule is CCC(=O)C(CC(C)N)(c1ccccc1)c1ccccc1. The molecule has 2 aromatic rings. The molecule has 2 rings (SSSR count). The van der Waals surface area contributed by atoms with E-state index in [0.717, 1.165) is 11.1 Å². The Hall–Kier alpha value is -1.93. The minimum Gasteiger partial charge on any atom is -0.328 e. The molecule has 21 heavy (non-hydrogen) atoms. The zero-order valence-corrected chi connectivity index (χ0v) is 12.8. The lowest BCUT2D eigenvalue weighted by atomic mass is 9.67. The Balaban J connectivity index is 2.68. The highest BCUT2D eigenvalue weighted by molar-refractivity contribution is 5.93. The van der Waals surface area contributed by atoms with Gasteiger partial charge in [0.15, 0.2) is 0 Å². The standard InChI is InChI=1S/C19H23NO/c1-3-18(21)19(14-15(2)20,16-10-6-4-7-11-16)17-12-8-5-9-13-17/h4-13,15H,3,14,20H2,1-2H3. The van der Waals surface area contributed by atoms with Gasteiger partial charge in [0.05, 0.1) is 5.41 Å². The van der Waals surface area contributed by atoms with Gasteiger partial charge in [-0.05, 0) is 24.5 Å². The molecule has 2 nitrogen and oxygen atoms in total. The number of carbonyl (C=O) groups is 1. The summed E-state index contributed by atoms with van der Waals surface area (Å²) in [5.41, 5.74) is 7.50. The molecule has 0 aliphatic carbocycles. The lowest BCUT2D eigenvalue weighted by Crippen LogP contribution is -2.41. The molecule has 1 atom stereocenters. The zero-order valence-electron chi connectivity index (χ0n) is 12.8. The summed E-state index contributed by atoms with van der Waals surface area (Å²) >= 11 is 0. The van der Waals surface area contributed by atoms with Crippen LogP contribution in [0.2, 0.25) is 0 Å². The molecule has 0 heterocycles. The number of rotatable bonds is 6. The van der Waals surface area contributed by atoms with Crippen LogP contribution in [-0.2, 0) is 10.2 Å². The summed E-state index contributed by atoms with van der Waals surface area (Å²) in [7, 11) is 0. The summed E-state index contributed by atoms with van der Waals surface area (Å²) in [4.78, 5) is 12.9. The summed E-state index contributed by atoms with van der Waals surface area (Å²) in [6, 6.07) is 19.9. The van der Waals surface area contributed by atoms with Crippen molar-refractivity contribution in [3.8, 4) is 0 Å². The average Bonchev–Trinajstić information content (AvgIpc) is 2.53. The van der Waals surface area contributed by atoms with Crippen LogP contribution in [0, 0.1) is 0 Å². The Kier molecular flexibility index (Phi) is 4.92. The van der Waals surface area contributed by atoms with Gasteiger partial charge in [0.2, 0.25) is 0 Å². The van der Waals surface area contributed by atoms with Crippen LogP contribution in [0.4, 0.5) is 0 Å². The van der Waals surface area contributed by atoms with Crippen molar-refractivity contribution in [3.05, 3.63) is 71.8 Å². The number of benzene rings is 2. The fraction of sp³-hybridized carbons (Fsp3) is 0.316. The van der Waals surface area contributed by atoms with E-state index < -0.39 is 5.41 Å². The molecule has 0 saturated heterocycles. The van der Waals surface area contributed by atoms with Crippen molar-refractivity contribution in [2.75, 3.05) is 0 Å². The Morgan fingerprint density at radius 1 is 1.00 bits per heavy atom. The second-order valence-electron chi connectivity index (χ2n) is 5.60. The maximum Gasteiger partial charge on any atom is 0.147 e. The Morgan fingerprint density at radius 2 is 1.43 bits per heavy atom. The fourth-order valence-electron chi connectivity index (χ4n) is 3.07.